The van der Waals surface area contributed by atoms with E-state index in [1.165, 1.54) is 152 Å². The number of nitrogens with zero attached hydrogens (tertiary/aromatic N) is 1. The number of rotatable bonds is 33. The Bertz CT molecular complexity index is 711. The van der Waals surface area contributed by atoms with Crippen LogP contribution in [0.1, 0.15) is 174 Å². The van der Waals surface area contributed by atoms with Crippen molar-refractivity contribution in [1.82, 2.24) is 4.90 Å². The first-order valence-electron chi connectivity index (χ1n) is 19.7. The molecule has 0 radical (unpaired) electrons. The fraction of sp³-hybridized carbons (Fsp3) is 0.810. The van der Waals surface area contributed by atoms with Gasteiger partial charge in [-0.15, -0.1) is 0 Å². The Morgan fingerprint density at radius 2 is 0.957 bits per heavy atom. The Hall–Kier alpha value is -0.430. The molecule has 268 valence electrons. The minimum Gasteiger partial charge on any atom is -0.347 e. The van der Waals surface area contributed by atoms with Gasteiger partial charge >= 0.3 is 0 Å². The average molecular weight is 754 g/mol. The van der Waals surface area contributed by atoms with Gasteiger partial charge in [-0.1, -0.05) is 104 Å². The van der Waals surface area contributed by atoms with Crippen LogP contribution >= 0.6 is 22.6 Å². The highest BCUT2D eigenvalue weighted by atomic mass is 127. The molecule has 3 nitrogen and oxygen atoms in total. The summed E-state index contributed by atoms with van der Waals surface area (Å²) in [5.41, 5.74) is 0. The van der Waals surface area contributed by atoms with Crippen LogP contribution in [0.5, 0.6) is 0 Å². The van der Waals surface area contributed by atoms with E-state index in [0.717, 1.165) is 32.4 Å². The smallest absolute Gasteiger partial charge is 0.168 e. The summed E-state index contributed by atoms with van der Waals surface area (Å²) in [6.45, 7) is 4.10. The number of hydrogen-bond donors (Lipinski definition) is 0. The van der Waals surface area contributed by atoms with Crippen LogP contribution in [-0.4, -0.2) is 48.5 Å². The molecule has 1 saturated heterocycles. The molecule has 0 bridgehead atoms. The van der Waals surface area contributed by atoms with E-state index in [1.807, 2.05) is 0 Å². The third kappa shape index (κ3) is 27.5. The highest BCUT2D eigenvalue weighted by molar-refractivity contribution is 14.1. The average Bonchev–Trinajstić information content (AvgIpc) is 3.46. The highest BCUT2D eigenvalue weighted by Gasteiger charge is 2.40. The van der Waals surface area contributed by atoms with Crippen molar-refractivity contribution in [3.8, 4) is 0 Å². The maximum absolute atomic E-state index is 6.66. The first kappa shape index (κ1) is 43.6. The lowest BCUT2D eigenvalue weighted by Gasteiger charge is -2.28. The molecule has 1 aliphatic heterocycles. The summed E-state index contributed by atoms with van der Waals surface area (Å²) in [6.07, 6.45) is 52.0. The van der Waals surface area contributed by atoms with Gasteiger partial charge in [0.1, 0.15) is 0 Å². The van der Waals surface area contributed by atoms with Crippen molar-refractivity contribution in [1.29, 1.82) is 0 Å². The summed E-state index contributed by atoms with van der Waals surface area (Å²) in [5, 5.41) is 0. The van der Waals surface area contributed by atoms with Gasteiger partial charge in [0.2, 0.25) is 0 Å². The second-order valence-corrected chi connectivity index (χ2v) is 15.0. The molecule has 0 aromatic heterocycles. The van der Waals surface area contributed by atoms with Crippen LogP contribution in [0, 0.1) is 0 Å². The zero-order valence-corrected chi connectivity index (χ0v) is 33.0. The van der Waals surface area contributed by atoms with Crippen molar-refractivity contribution in [2.24, 2.45) is 0 Å². The van der Waals surface area contributed by atoms with Crippen LogP contribution in [0.15, 0.2) is 48.6 Å². The van der Waals surface area contributed by atoms with Gasteiger partial charge < -0.3 is 14.4 Å². The first-order valence-corrected chi connectivity index (χ1v) is 21.3. The molecule has 0 aliphatic carbocycles. The van der Waals surface area contributed by atoms with E-state index >= 15 is 0 Å². The second-order valence-electron chi connectivity index (χ2n) is 13.9. The maximum atomic E-state index is 6.66. The van der Waals surface area contributed by atoms with E-state index < -0.39 is 0 Å². The molecule has 1 heterocycles. The van der Waals surface area contributed by atoms with Gasteiger partial charge in [0.25, 0.3) is 0 Å². The molecule has 1 unspecified atom stereocenters. The summed E-state index contributed by atoms with van der Waals surface area (Å²) < 4.78 is 14.4. The van der Waals surface area contributed by atoms with Crippen LogP contribution in [0.25, 0.3) is 0 Å². The van der Waals surface area contributed by atoms with Gasteiger partial charge in [0.15, 0.2) is 5.79 Å². The molecule has 0 spiro atoms. The molecule has 46 heavy (non-hydrogen) atoms. The molecule has 1 aliphatic rings. The van der Waals surface area contributed by atoms with Crippen LogP contribution in [0.2, 0.25) is 0 Å². The number of allylic oxidation sites excluding steroid dienone is 8. The molecule has 2 atom stereocenters. The first-order chi connectivity index (χ1) is 22.6. The molecule has 0 amide bonds. The number of unbranched alkanes of at least 4 members (excludes halogenated alkanes) is 17. The van der Waals surface area contributed by atoms with E-state index in [-0.39, 0.29) is 11.9 Å². The number of hydrogen-bond acceptors (Lipinski definition) is 3. The summed E-state index contributed by atoms with van der Waals surface area (Å²) >= 11 is 2.47. The van der Waals surface area contributed by atoms with Crippen LogP contribution in [-0.2, 0) is 9.47 Å². The molecule has 4 heteroatoms. The topological polar surface area (TPSA) is 21.7 Å². The standard InChI is InChI=1S/C42H76INO2/c1-4-5-6-7-8-9-10-11-12-14-17-20-23-26-29-32-36-42(45-40-41(46-42)35-39-44(2)3)37-33-30-27-24-21-18-15-13-16-19-22-25-28-31-34-38-43/h8-9,17-18,20-22,25,41H,4-7,10-16,19,23-24,26-40H2,1-3H3/b9-8-,20-17-,21-18-,25-22-/t41-,42?/m0/s1. The zero-order chi connectivity index (χ0) is 33.2. The SMILES string of the molecule is CCCCC/C=C\CCCC/C=C\CCCCCC1(CCCCC/C=C\CCCC/C=C\CCCCI)OC[C@H](CCN(C)C)O1. The van der Waals surface area contributed by atoms with E-state index in [4.69, 9.17) is 9.47 Å². The Labute approximate surface area is 301 Å². The van der Waals surface area contributed by atoms with E-state index in [2.05, 4.69) is 97.1 Å². The minimum absolute atomic E-state index is 0.251. The molecule has 0 aromatic carbocycles. The van der Waals surface area contributed by atoms with E-state index in [1.54, 1.807) is 0 Å². The van der Waals surface area contributed by atoms with Crippen molar-refractivity contribution in [2.45, 2.75) is 186 Å². The molecule has 0 saturated carbocycles. The fourth-order valence-corrected chi connectivity index (χ4v) is 6.61. The minimum atomic E-state index is -0.336. The quantitative estimate of drug-likeness (QED) is 0.0288. The number of ether oxygens (including phenoxy) is 2. The van der Waals surface area contributed by atoms with Crippen LogP contribution in [0.3, 0.4) is 0 Å². The van der Waals surface area contributed by atoms with Crippen LogP contribution < -0.4 is 0 Å². The third-order valence-electron chi connectivity index (χ3n) is 9.05. The second kappa shape index (κ2) is 33.1. The third-order valence-corrected chi connectivity index (χ3v) is 9.81. The Morgan fingerprint density at radius 3 is 1.35 bits per heavy atom. The van der Waals surface area contributed by atoms with Gasteiger partial charge in [-0.2, -0.15) is 0 Å². The number of alkyl halides is 1. The summed E-state index contributed by atoms with van der Waals surface area (Å²) in [6, 6.07) is 0. The number of halogens is 1. The molecular weight excluding hydrogens is 677 g/mol. The predicted octanol–water partition coefficient (Wildman–Crippen LogP) is 13.5. The monoisotopic (exact) mass is 753 g/mol. The van der Waals surface area contributed by atoms with E-state index in [0.29, 0.717) is 0 Å². The normalized spacial score (nSPS) is 19.0. The van der Waals surface area contributed by atoms with Gasteiger partial charge in [0.05, 0.1) is 12.7 Å². The molecule has 0 N–H and O–H groups in total. The van der Waals surface area contributed by atoms with Gasteiger partial charge in [-0.25, -0.2) is 0 Å². The van der Waals surface area contributed by atoms with Gasteiger partial charge in [0, 0.05) is 19.4 Å². The lowest BCUT2D eigenvalue weighted by atomic mass is 9.99. The van der Waals surface area contributed by atoms with Crippen molar-refractivity contribution < 1.29 is 9.47 Å². The Balaban J connectivity index is 2.18. The summed E-state index contributed by atoms with van der Waals surface area (Å²) in [4.78, 5) is 2.25. The Kier molecular flexibility index (Phi) is 31.4. The lowest BCUT2D eigenvalue weighted by molar-refractivity contribution is -0.180. The van der Waals surface area contributed by atoms with Crippen molar-refractivity contribution in [3.63, 3.8) is 0 Å². The Morgan fingerprint density at radius 1 is 0.565 bits per heavy atom. The maximum Gasteiger partial charge on any atom is 0.168 e. The van der Waals surface area contributed by atoms with E-state index in [9.17, 15) is 0 Å². The molecule has 0 aromatic rings. The molecule has 1 rings (SSSR count). The van der Waals surface area contributed by atoms with Gasteiger partial charge in [-0.05, 0) is 147 Å². The molecule has 1 fully saturated rings. The highest BCUT2D eigenvalue weighted by Crippen LogP contribution is 2.35. The summed E-state index contributed by atoms with van der Waals surface area (Å²) in [5.74, 6) is -0.336. The van der Waals surface area contributed by atoms with Gasteiger partial charge in [-0.3, -0.25) is 0 Å². The lowest BCUT2D eigenvalue weighted by Crippen LogP contribution is -2.31. The zero-order valence-electron chi connectivity index (χ0n) is 30.8. The van der Waals surface area contributed by atoms with Crippen LogP contribution in [0.4, 0.5) is 0 Å². The van der Waals surface area contributed by atoms with Crippen molar-refractivity contribution >= 4 is 22.6 Å². The largest absolute Gasteiger partial charge is 0.347 e. The molecular formula is C42H76INO2. The summed E-state index contributed by atoms with van der Waals surface area (Å²) in [7, 11) is 4.29. The van der Waals surface area contributed by atoms with Crippen molar-refractivity contribution in [2.75, 3.05) is 31.7 Å². The van der Waals surface area contributed by atoms with Crippen molar-refractivity contribution in [3.05, 3.63) is 48.6 Å². The fourth-order valence-electron chi connectivity index (χ4n) is 6.08. The predicted molar refractivity (Wildman–Crippen MR) is 213 cm³/mol.